The van der Waals surface area contributed by atoms with Gasteiger partial charge in [-0.2, -0.15) is 0 Å². The minimum absolute atomic E-state index is 0.0849. The van der Waals surface area contributed by atoms with E-state index in [-0.39, 0.29) is 11.8 Å². The van der Waals surface area contributed by atoms with Gasteiger partial charge in [-0.3, -0.25) is 4.79 Å². The minimum atomic E-state index is 0.0849. The molecular weight excluding hydrogens is 338 g/mol. The van der Waals surface area contributed by atoms with Gasteiger partial charge in [-0.25, -0.2) is 4.98 Å². The predicted molar refractivity (Wildman–Crippen MR) is 107 cm³/mol. The van der Waals surface area contributed by atoms with Crippen molar-refractivity contribution in [1.29, 1.82) is 0 Å². The van der Waals surface area contributed by atoms with E-state index in [1.807, 2.05) is 35.2 Å². The van der Waals surface area contributed by atoms with Crippen LogP contribution in [-0.4, -0.2) is 35.7 Å². The molecule has 0 N–H and O–H groups in total. The van der Waals surface area contributed by atoms with Crippen molar-refractivity contribution in [3.8, 4) is 0 Å². The van der Waals surface area contributed by atoms with Crippen LogP contribution in [-0.2, 0) is 16.1 Å². The van der Waals surface area contributed by atoms with Gasteiger partial charge in [0.1, 0.15) is 5.82 Å². The van der Waals surface area contributed by atoms with Crippen LogP contribution in [0, 0.1) is 13.8 Å². The summed E-state index contributed by atoms with van der Waals surface area (Å²) >= 11 is 0. The van der Waals surface area contributed by atoms with E-state index >= 15 is 0 Å². The number of hydrogen-bond acceptors (Lipinski definition) is 3. The quantitative estimate of drug-likeness (QED) is 0.692. The minimum Gasteiger partial charge on any atom is -0.383 e. The molecule has 0 unspecified atom stereocenters. The first-order valence-corrected chi connectivity index (χ1v) is 9.41. The monoisotopic (exact) mass is 363 g/mol. The lowest BCUT2D eigenvalue weighted by Crippen LogP contribution is -2.25. The van der Waals surface area contributed by atoms with Gasteiger partial charge in [-0.1, -0.05) is 24.3 Å². The Morgan fingerprint density at radius 1 is 1.15 bits per heavy atom. The van der Waals surface area contributed by atoms with Gasteiger partial charge in [0.2, 0.25) is 5.91 Å². The highest BCUT2D eigenvalue weighted by molar-refractivity contribution is 5.97. The fourth-order valence-electron chi connectivity index (χ4n) is 3.96. The molecule has 3 aromatic rings. The van der Waals surface area contributed by atoms with E-state index in [9.17, 15) is 4.79 Å². The Kier molecular flexibility index (Phi) is 4.70. The van der Waals surface area contributed by atoms with Crippen LogP contribution in [0.4, 0.5) is 5.69 Å². The number of fused-ring (bicyclic) bond motifs is 1. The third-order valence-corrected chi connectivity index (χ3v) is 5.56. The summed E-state index contributed by atoms with van der Waals surface area (Å²) in [5.41, 5.74) is 5.46. The highest BCUT2D eigenvalue weighted by Crippen LogP contribution is 2.35. The number of benzene rings is 2. The fourth-order valence-corrected chi connectivity index (χ4v) is 3.96. The Morgan fingerprint density at radius 3 is 2.78 bits per heavy atom. The standard InChI is InChI=1S/C22H25N3O2/c1-15-7-6-10-19(16(15)2)25-14-17(13-21(25)26)22-23-18-8-4-5-9-20(18)24(22)11-12-27-3/h4-10,17H,11-14H2,1-3H3/t17-/m1/s1. The molecule has 1 aliphatic heterocycles. The number of aromatic nitrogens is 2. The van der Waals surface area contributed by atoms with E-state index in [0.29, 0.717) is 19.6 Å². The van der Waals surface area contributed by atoms with E-state index in [1.54, 1.807) is 7.11 Å². The Morgan fingerprint density at radius 2 is 1.96 bits per heavy atom. The molecule has 4 rings (SSSR count). The maximum absolute atomic E-state index is 12.8. The number of para-hydroxylation sites is 2. The van der Waals surface area contributed by atoms with Crippen molar-refractivity contribution < 1.29 is 9.53 Å². The van der Waals surface area contributed by atoms with Crippen LogP contribution in [0.2, 0.25) is 0 Å². The van der Waals surface area contributed by atoms with Crippen LogP contribution in [0.1, 0.15) is 29.3 Å². The summed E-state index contributed by atoms with van der Waals surface area (Å²) in [4.78, 5) is 19.6. The zero-order chi connectivity index (χ0) is 19.0. The number of ether oxygens (including phenoxy) is 1. The number of methoxy groups -OCH3 is 1. The Labute approximate surface area is 159 Å². The summed E-state index contributed by atoms with van der Waals surface area (Å²) in [6, 6.07) is 14.3. The van der Waals surface area contributed by atoms with E-state index in [2.05, 4.69) is 30.5 Å². The van der Waals surface area contributed by atoms with Gasteiger partial charge in [-0.15, -0.1) is 0 Å². The van der Waals surface area contributed by atoms with Crippen LogP contribution in [0.3, 0.4) is 0 Å². The van der Waals surface area contributed by atoms with E-state index in [0.717, 1.165) is 29.1 Å². The third kappa shape index (κ3) is 3.12. The molecule has 1 aliphatic rings. The van der Waals surface area contributed by atoms with Gasteiger partial charge in [-0.05, 0) is 43.2 Å². The molecule has 1 aromatic heterocycles. The summed E-state index contributed by atoms with van der Waals surface area (Å²) in [5.74, 6) is 1.23. The number of rotatable bonds is 5. The SMILES string of the molecule is COCCn1c([C@@H]2CC(=O)N(c3cccc(C)c3C)C2)nc2ccccc21. The second-order valence-corrected chi connectivity index (χ2v) is 7.23. The summed E-state index contributed by atoms with van der Waals surface area (Å²) in [6.07, 6.45) is 0.490. The number of aryl methyl sites for hydroxylation is 1. The first-order chi connectivity index (χ1) is 13.1. The second-order valence-electron chi connectivity index (χ2n) is 7.23. The van der Waals surface area contributed by atoms with Crippen molar-refractivity contribution in [2.75, 3.05) is 25.2 Å². The smallest absolute Gasteiger partial charge is 0.227 e. The number of anilines is 1. The van der Waals surface area contributed by atoms with E-state index in [1.165, 1.54) is 11.1 Å². The number of imidazole rings is 1. The molecule has 1 saturated heterocycles. The molecule has 0 bridgehead atoms. The topological polar surface area (TPSA) is 47.4 Å². The molecule has 27 heavy (non-hydrogen) atoms. The Hall–Kier alpha value is -2.66. The molecule has 0 spiro atoms. The van der Waals surface area contributed by atoms with Crippen LogP contribution in [0.5, 0.6) is 0 Å². The molecule has 2 heterocycles. The number of carbonyl (C=O) groups is 1. The molecule has 5 heteroatoms. The Balaban J connectivity index is 1.70. The van der Waals surface area contributed by atoms with Gasteiger partial charge in [0.25, 0.3) is 0 Å². The number of carbonyl (C=O) groups excluding carboxylic acids is 1. The molecule has 5 nitrogen and oxygen atoms in total. The van der Waals surface area contributed by atoms with Gasteiger partial charge >= 0.3 is 0 Å². The molecule has 1 fully saturated rings. The van der Waals surface area contributed by atoms with Crippen LogP contribution >= 0.6 is 0 Å². The van der Waals surface area contributed by atoms with Crippen molar-refractivity contribution in [3.05, 3.63) is 59.4 Å². The molecule has 1 amide bonds. The molecule has 0 saturated carbocycles. The summed E-state index contributed by atoms with van der Waals surface area (Å²) in [6.45, 7) is 6.19. The van der Waals surface area contributed by atoms with Crippen LogP contribution in [0.15, 0.2) is 42.5 Å². The normalized spacial score (nSPS) is 17.2. The summed E-state index contributed by atoms with van der Waals surface area (Å²) in [7, 11) is 1.71. The van der Waals surface area contributed by atoms with Crippen molar-refractivity contribution >= 4 is 22.6 Å². The molecule has 0 aliphatic carbocycles. The summed E-state index contributed by atoms with van der Waals surface area (Å²) < 4.78 is 7.51. The maximum Gasteiger partial charge on any atom is 0.227 e. The van der Waals surface area contributed by atoms with E-state index < -0.39 is 0 Å². The van der Waals surface area contributed by atoms with Crippen molar-refractivity contribution in [3.63, 3.8) is 0 Å². The molecule has 140 valence electrons. The van der Waals surface area contributed by atoms with Crippen molar-refractivity contribution in [2.24, 2.45) is 0 Å². The van der Waals surface area contributed by atoms with Gasteiger partial charge < -0.3 is 14.2 Å². The predicted octanol–water partition coefficient (Wildman–Crippen LogP) is 3.82. The lowest BCUT2D eigenvalue weighted by molar-refractivity contribution is -0.117. The largest absolute Gasteiger partial charge is 0.383 e. The zero-order valence-electron chi connectivity index (χ0n) is 16.1. The highest BCUT2D eigenvalue weighted by Gasteiger charge is 2.35. The van der Waals surface area contributed by atoms with Crippen molar-refractivity contribution in [1.82, 2.24) is 9.55 Å². The fraction of sp³-hybridized carbons (Fsp3) is 0.364. The molecular formula is C22H25N3O2. The average Bonchev–Trinajstić information content (AvgIpc) is 3.23. The summed E-state index contributed by atoms with van der Waals surface area (Å²) in [5, 5.41) is 0. The second kappa shape index (κ2) is 7.16. The number of nitrogens with zero attached hydrogens (tertiary/aromatic N) is 3. The van der Waals surface area contributed by atoms with Gasteiger partial charge in [0.15, 0.2) is 0 Å². The lowest BCUT2D eigenvalue weighted by Gasteiger charge is -2.20. The first-order valence-electron chi connectivity index (χ1n) is 9.41. The zero-order valence-corrected chi connectivity index (χ0v) is 16.1. The van der Waals surface area contributed by atoms with Crippen LogP contribution < -0.4 is 4.90 Å². The Bertz CT molecular complexity index is 992. The number of hydrogen-bond donors (Lipinski definition) is 0. The lowest BCUT2D eigenvalue weighted by atomic mass is 10.1. The maximum atomic E-state index is 12.8. The first kappa shape index (κ1) is 17.7. The molecule has 1 atom stereocenters. The third-order valence-electron chi connectivity index (χ3n) is 5.56. The highest BCUT2D eigenvalue weighted by atomic mass is 16.5. The molecule has 2 aromatic carbocycles. The number of amides is 1. The molecule has 0 radical (unpaired) electrons. The van der Waals surface area contributed by atoms with E-state index in [4.69, 9.17) is 9.72 Å². The van der Waals surface area contributed by atoms with Crippen molar-refractivity contribution in [2.45, 2.75) is 32.7 Å². The average molecular weight is 363 g/mol. The van der Waals surface area contributed by atoms with Gasteiger partial charge in [0, 0.05) is 38.2 Å². The van der Waals surface area contributed by atoms with Crippen LogP contribution in [0.25, 0.3) is 11.0 Å². The van der Waals surface area contributed by atoms with Gasteiger partial charge in [0.05, 0.1) is 17.6 Å².